The summed E-state index contributed by atoms with van der Waals surface area (Å²) in [7, 11) is -1.18. The average molecular weight is 259 g/mol. The lowest BCUT2D eigenvalue weighted by Crippen LogP contribution is -2.20. The molecule has 0 aliphatic carbocycles. The molecule has 0 spiro atoms. The van der Waals surface area contributed by atoms with Gasteiger partial charge in [-0.1, -0.05) is 12.1 Å². The Hall–Kier alpha value is -0.940. The highest BCUT2D eigenvalue weighted by Gasteiger charge is 2.14. The molecule has 0 radical (unpaired) electrons. The SMILES string of the molecule is CNCC(CCS(C)(=O)=O)c1cccc(F)c1. The van der Waals surface area contributed by atoms with E-state index in [9.17, 15) is 12.8 Å². The number of rotatable bonds is 6. The molecule has 0 amide bonds. The maximum Gasteiger partial charge on any atom is 0.147 e. The Bertz CT molecular complexity index is 459. The van der Waals surface area contributed by atoms with Crippen molar-refractivity contribution in [3.63, 3.8) is 0 Å². The van der Waals surface area contributed by atoms with E-state index in [0.29, 0.717) is 13.0 Å². The van der Waals surface area contributed by atoms with Crippen LogP contribution in [0.5, 0.6) is 0 Å². The van der Waals surface area contributed by atoms with Crippen LogP contribution in [-0.2, 0) is 9.84 Å². The second-order valence-corrected chi connectivity index (χ2v) is 6.49. The molecule has 1 aromatic carbocycles. The number of sulfone groups is 1. The standard InChI is InChI=1S/C12H18FNO2S/c1-14-9-11(6-7-17(2,15)16)10-4-3-5-12(13)8-10/h3-5,8,11,14H,6-7,9H2,1-2H3. The van der Waals surface area contributed by atoms with Crippen LogP contribution in [0.15, 0.2) is 24.3 Å². The lowest BCUT2D eigenvalue weighted by molar-refractivity contribution is 0.574. The molecule has 0 bridgehead atoms. The lowest BCUT2D eigenvalue weighted by atomic mass is 9.96. The number of hydrogen-bond acceptors (Lipinski definition) is 3. The van der Waals surface area contributed by atoms with E-state index in [4.69, 9.17) is 0 Å². The smallest absolute Gasteiger partial charge is 0.147 e. The molecule has 0 saturated heterocycles. The third-order valence-corrected chi connectivity index (χ3v) is 3.58. The molecule has 0 aromatic heterocycles. The first kappa shape index (κ1) is 14.1. The predicted octanol–water partition coefficient (Wildman–Crippen LogP) is 1.56. The summed E-state index contributed by atoms with van der Waals surface area (Å²) < 4.78 is 35.4. The Balaban J connectivity index is 2.78. The number of nitrogens with one attached hydrogen (secondary N) is 1. The van der Waals surface area contributed by atoms with Crippen LogP contribution in [0, 0.1) is 5.82 Å². The summed E-state index contributed by atoms with van der Waals surface area (Å²) in [5.74, 6) is -0.149. The summed E-state index contributed by atoms with van der Waals surface area (Å²) in [6.07, 6.45) is 1.72. The minimum Gasteiger partial charge on any atom is -0.319 e. The zero-order valence-electron chi connectivity index (χ0n) is 10.1. The molecule has 17 heavy (non-hydrogen) atoms. The average Bonchev–Trinajstić information content (AvgIpc) is 2.23. The Labute approximate surface area is 102 Å². The van der Waals surface area contributed by atoms with E-state index in [1.807, 2.05) is 6.07 Å². The van der Waals surface area contributed by atoms with E-state index < -0.39 is 9.84 Å². The van der Waals surface area contributed by atoms with Gasteiger partial charge in [-0.2, -0.15) is 0 Å². The number of hydrogen-bond donors (Lipinski definition) is 1. The number of likely N-dealkylation sites (N-methyl/N-ethyl adjacent to an activating group) is 1. The molecule has 0 aliphatic rings. The van der Waals surface area contributed by atoms with Gasteiger partial charge in [0.15, 0.2) is 0 Å². The minimum absolute atomic E-state index is 0.0189. The fourth-order valence-electron chi connectivity index (χ4n) is 1.75. The highest BCUT2D eigenvalue weighted by atomic mass is 32.2. The maximum atomic E-state index is 13.1. The largest absolute Gasteiger partial charge is 0.319 e. The summed E-state index contributed by atoms with van der Waals surface area (Å²) in [5.41, 5.74) is 0.836. The summed E-state index contributed by atoms with van der Waals surface area (Å²) in [4.78, 5) is 0. The third-order valence-electron chi connectivity index (χ3n) is 2.61. The molecule has 0 aliphatic heterocycles. The van der Waals surface area contributed by atoms with E-state index in [-0.39, 0.29) is 17.5 Å². The van der Waals surface area contributed by atoms with Crippen LogP contribution in [0.4, 0.5) is 4.39 Å². The van der Waals surface area contributed by atoms with Crippen LogP contribution < -0.4 is 5.32 Å². The van der Waals surface area contributed by atoms with Crippen molar-refractivity contribution in [3.05, 3.63) is 35.6 Å². The van der Waals surface area contributed by atoms with Gasteiger partial charge in [0.2, 0.25) is 0 Å². The van der Waals surface area contributed by atoms with Crippen molar-refractivity contribution in [2.45, 2.75) is 12.3 Å². The van der Waals surface area contributed by atoms with E-state index in [1.165, 1.54) is 18.4 Å². The van der Waals surface area contributed by atoms with Gasteiger partial charge in [-0.25, -0.2) is 12.8 Å². The number of benzene rings is 1. The Morgan fingerprint density at radius 2 is 2.12 bits per heavy atom. The molecule has 0 heterocycles. The van der Waals surface area contributed by atoms with Gasteiger partial charge in [-0.15, -0.1) is 0 Å². The van der Waals surface area contributed by atoms with Gasteiger partial charge >= 0.3 is 0 Å². The minimum atomic E-state index is -2.98. The zero-order valence-corrected chi connectivity index (χ0v) is 10.9. The van der Waals surface area contributed by atoms with Crippen LogP contribution >= 0.6 is 0 Å². The van der Waals surface area contributed by atoms with Gasteiger partial charge in [-0.05, 0) is 37.1 Å². The highest BCUT2D eigenvalue weighted by Crippen LogP contribution is 2.20. The monoisotopic (exact) mass is 259 g/mol. The molecule has 0 fully saturated rings. The lowest BCUT2D eigenvalue weighted by Gasteiger charge is -2.16. The van der Waals surface area contributed by atoms with Crippen LogP contribution in [-0.4, -0.2) is 34.0 Å². The fraction of sp³-hybridized carbons (Fsp3) is 0.500. The first-order chi connectivity index (χ1) is 7.92. The van der Waals surface area contributed by atoms with Crippen molar-refractivity contribution in [2.75, 3.05) is 25.6 Å². The van der Waals surface area contributed by atoms with Crippen LogP contribution in [0.3, 0.4) is 0 Å². The summed E-state index contributed by atoms with van der Waals surface area (Å²) in [5, 5.41) is 3.00. The zero-order chi connectivity index (χ0) is 12.9. The summed E-state index contributed by atoms with van der Waals surface area (Å²) >= 11 is 0. The van der Waals surface area contributed by atoms with Crippen LogP contribution in [0.1, 0.15) is 17.9 Å². The van der Waals surface area contributed by atoms with Gasteiger partial charge < -0.3 is 5.32 Å². The molecule has 1 atom stereocenters. The summed E-state index contributed by atoms with van der Waals surface area (Å²) in [6.45, 7) is 0.638. The molecule has 1 unspecified atom stereocenters. The van der Waals surface area contributed by atoms with Gasteiger partial charge in [-0.3, -0.25) is 0 Å². The molecular weight excluding hydrogens is 241 g/mol. The molecule has 1 rings (SSSR count). The van der Waals surface area contributed by atoms with Crippen LogP contribution in [0.25, 0.3) is 0 Å². The van der Waals surface area contributed by atoms with E-state index in [1.54, 1.807) is 13.1 Å². The normalized spacial score (nSPS) is 13.6. The molecule has 1 N–H and O–H groups in total. The highest BCUT2D eigenvalue weighted by molar-refractivity contribution is 7.90. The first-order valence-electron chi connectivity index (χ1n) is 5.50. The molecule has 0 saturated carbocycles. The van der Waals surface area contributed by atoms with Crippen LogP contribution in [0.2, 0.25) is 0 Å². The van der Waals surface area contributed by atoms with E-state index in [2.05, 4.69) is 5.32 Å². The van der Waals surface area contributed by atoms with Crippen molar-refractivity contribution >= 4 is 9.84 Å². The quantitative estimate of drug-likeness (QED) is 0.843. The molecule has 3 nitrogen and oxygen atoms in total. The van der Waals surface area contributed by atoms with Crippen molar-refractivity contribution in [1.82, 2.24) is 5.32 Å². The van der Waals surface area contributed by atoms with Crippen molar-refractivity contribution < 1.29 is 12.8 Å². The van der Waals surface area contributed by atoms with Gasteiger partial charge in [0.25, 0.3) is 0 Å². The van der Waals surface area contributed by atoms with E-state index in [0.717, 1.165) is 5.56 Å². The first-order valence-corrected chi connectivity index (χ1v) is 7.56. The van der Waals surface area contributed by atoms with Crippen molar-refractivity contribution in [2.24, 2.45) is 0 Å². The molecule has 5 heteroatoms. The third kappa shape index (κ3) is 5.28. The van der Waals surface area contributed by atoms with Gasteiger partial charge in [0.1, 0.15) is 15.7 Å². The van der Waals surface area contributed by atoms with Gasteiger partial charge in [0.05, 0.1) is 5.75 Å². The van der Waals surface area contributed by atoms with Crippen molar-refractivity contribution in [3.8, 4) is 0 Å². The van der Waals surface area contributed by atoms with Gasteiger partial charge in [0, 0.05) is 12.8 Å². The predicted molar refractivity (Wildman–Crippen MR) is 67.4 cm³/mol. The topological polar surface area (TPSA) is 46.2 Å². The fourth-order valence-corrected chi connectivity index (χ4v) is 2.46. The van der Waals surface area contributed by atoms with E-state index >= 15 is 0 Å². The Morgan fingerprint density at radius 1 is 1.41 bits per heavy atom. The molecule has 96 valence electrons. The molecule has 1 aromatic rings. The molecular formula is C12H18FNO2S. The number of halogens is 1. The second kappa shape index (κ2) is 6.12. The summed E-state index contributed by atoms with van der Waals surface area (Å²) in [6, 6.07) is 6.32. The Kier molecular flexibility index (Phi) is 5.08. The Morgan fingerprint density at radius 3 is 2.65 bits per heavy atom. The van der Waals surface area contributed by atoms with Crippen molar-refractivity contribution in [1.29, 1.82) is 0 Å². The maximum absolute atomic E-state index is 13.1. The second-order valence-electron chi connectivity index (χ2n) is 4.23.